The highest BCUT2D eigenvalue weighted by molar-refractivity contribution is 5.85. The first-order valence-electron chi connectivity index (χ1n) is 9.03. The number of carbonyl (C=O) groups is 1. The molecule has 0 aromatic carbocycles. The summed E-state index contributed by atoms with van der Waals surface area (Å²) >= 11 is 0. The minimum absolute atomic E-state index is 0. The van der Waals surface area contributed by atoms with Crippen LogP contribution in [-0.4, -0.2) is 63.3 Å². The lowest BCUT2D eigenvalue weighted by Crippen LogP contribution is -2.37. The van der Waals surface area contributed by atoms with Crippen molar-refractivity contribution in [3.8, 4) is 0 Å². The molecule has 2 saturated heterocycles. The summed E-state index contributed by atoms with van der Waals surface area (Å²) in [6, 6.07) is 0. The molecule has 2 aliphatic rings. The molecule has 2 unspecified atom stereocenters. The molecular weight excluding hydrogens is 349 g/mol. The van der Waals surface area contributed by atoms with E-state index in [9.17, 15) is 4.79 Å². The predicted octanol–water partition coefficient (Wildman–Crippen LogP) is 2.08. The lowest BCUT2D eigenvalue weighted by Gasteiger charge is -2.28. The maximum absolute atomic E-state index is 12.0. The molecular formula is C17H35Cl2N3O2. The molecule has 7 heteroatoms. The van der Waals surface area contributed by atoms with E-state index in [0.717, 1.165) is 65.3 Å². The smallest absolute Gasteiger partial charge is 0.220 e. The summed E-state index contributed by atoms with van der Waals surface area (Å²) in [4.78, 5) is 14.5. The number of hydrogen-bond acceptors (Lipinski definition) is 4. The highest BCUT2D eigenvalue weighted by Crippen LogP contribution is 2.22. The average Bonchev–Trinajstić information content (AvgIpc) is 2.56. The van der Waals surface area contributed by atoms with Gasteiger partial charge in [-0.25, -0.2) is 0 Å². The van der Waals surface area contributed by atoms with E-state index in [2.05, 4.69) is 22.5 Å². The third kappa shape index (κ3) is 9.42. The highest BCUT2D eigenvalue weighted by Gasteiger charge is 2.21. The molecule has 0 aromatic heterocycles. The minimum atomic E-state index is 0. The van der Waals surface area contributed by atoms with Gasteiger partial charge in [-0.3, -0.25) is 9.69 Å². The van der Waals surface area contributed by atoms with Crippen LogP contribution in [0.3, 0.4) is 0 Å². The summed E-state index contributed by atoms with van der Waals surface area (Å²) in [5, 5.41) is 6.52. The van der Waals surface area contributed by atoms with E-state index in [4.69, 9.17) is 4.74 Å². The van der Waals surface area contributed by atoms with E-state index >= 15 is 0 Å². The first-order valence-corrected chi connectivity index (χ1v) is 9.03. The molecule has 5 nitrogen and oxygen atoms in total. The zero-order chi connectivity index (χ0) is 15.6. The summed E-state index contributed by atoms with van der Waals surface area (Å²) in [6.07, 6.45) is 5.42. The van der Waals surface area contributed by atoms with E-state index in [1.54, 1.807) is 0 Å². The number of amides is 1. The molecule has 2 rings (SSSR count). The predicted molar refractivity (Wildman–Crippen MR) is 103 cm³/mol. The number of piperidine rings is 1. The second-order valence-corrected chi connectivity index (χ2v) is 6.80. The van der Waals surface area contributed by atoms with Crippen LogP contribution in [0.1, 0.15) is 39.0 Å². The van der Waals surface area contributed by atoms with Gasteiger partial charge in [-0.2, -0.15) is 0 Å². The molecule has 2 aliphatic heterocycles. The second-order valence-electron chi connectivity index (χ2n) is 6.80. The number of carbonyl (C=O) groups excluding carboxylic acids is 1. The number of ether oxygens (including phenoxy) is 1. The Morgan fingerprint density at radius 3 is 2.71 bits per heavy atom. The van der Waals surface area contributed by atoms with E-state index in [1.807, 2.05) is 0 Å². The Labute approximate surface area is 159 Å². The van der Waals surface area contributed by atoms with Crippen molar-refractivity contribution in [2.24, 2.45) is 11.8 Å². The maximum Gasteiger partial charge on any atom is 0.220 e. The zero-order valence-corrected chi connectivity index (χ0v) is 16.6. The van der Waals surface area contributed by atoms with Crippen LogP contribution in [0.5, 0.6) is 0 Å². The summed E-state index contributed by atoms with van der Waals surface area (Å²) in [5.41, 5.74) is 0. The van der Waals surface area contributed by atoms with Gasteiger partial charge >= 0.3 is 0 Å². The molecule has 0 spiro atoms. The van der Waals surface area contributed by atoms with Crippen molar-refractivity contribution in [3.63, 3.8) is 0 Å². The van der Waals surface area contributed by atoms with Gasteiger partial charge in [-0.15, -0.1) is 24.8 Å². The van der Waals surface area contributed by atoms with Crippen LogP contribution >= 0.6 is 24.8 Å². The van der Waals surface area contributed by atoms with Crippen LogP contribution in [0, 0.1) is 11.8 Å². The SMILES string of the molecule is CC(CC(=O)NCCCCN1CCOCC1)C1CCCNC1.Cl.Cl. The average molecular weight is 384 g/mol. The molecule has 2 atom stereocenters. The Balaban J connectivity index is 0.00000264. The normalized spacial score (nSPS) is 22.8. The van der Waals surface area contributed by atoms with Crippen LogP contribution in [-0.2, 0) is 9.53 Å². The quantitative estimate of drug-likeness (QED) is 0.630. The molecule has 2 heterocycles. The van der Waals surface area contributed by atoms with E-state index in [1.165, 1.54) is 12.8 Å². The number of morpholine rings is 1. The molecule has 0 aromatic rings. The monoisotopic (exact) mass is 383 g/mol. The summed E-state index contributed by atoms with van der Waals surface area (Å²) in [5.74, 6) is 1.38. The van der Waals surface area contributed by atoms with E-state index < -0.39 is 0 Å². The second kappa shape index (κ2) is 14.1. The van der Waals surface area contributed by atoms with Crippen molar-refractivity contribution in [1.29, 1.82) is 0 Å². The number of rotatable bonds is 8. The fourth-order valence-electron chi connectivity index (χ4n) is 3.41. The number of hydrogen-bond donors (Lipinski definition) is 2. The first kappa shape index (κ1) is 23.9. The molecule has 144 valence electrons. The summed E-state index contributed by atoms with van der Waals surface area (Å²) in [7, 11) is 0. The molecule has 0 bridgehead atoms. The van der Waals surface area contributed by atoms with Gasteiger partial charge in [0, 0.05) is 26.1 Å². The van der Waals surface area contributed by atoms with Crippen LogP contribution in [0.2, 0.25) is 0 Å². The number of halogens is 2. The molecule has 0 radical (unpaired) electrons. The van der Waals surface area contributed by atoms with Crippen molar-refractivity contribution < 1.29 is 9.53 Å². The van der Waals surface area contributed by atoms with Crippen LogP contribution < -0.4 is 10.6 Å². The van der Waals surface area contributed by atoms with Crippen molar-refractivity contribution in [2.75, 3.05) is 52.5 Å². The molecule has 24 heavy (non-hydrogen) atoms. The van der Waals surface area contributed by atoms with Gasteiger partial charge in [0.05, 0.1) is 13.2 Å². The zero-order valence-electron chi connectivity index (χ0n) is 14.9. The van der Waals surface area contributed by atoms with Crippen LogP contribution in [0.15, 0.2) is 0 Å². The first-order chi connectivity index (χ1) is 10.8. The van der Waals surface area contributed by atoms with Gasteiger partial charge in [-0.1, -0.05) is 6.92 Å². The topological polar surface area (TPSA) is 53.6 Å². The van der Waals surface area contributed by atoms with E-state index in [0.29, 0.717) is 18.3 Å². The highest BCUT2D eigenvalue weighted by atomic mass is 35.5. The third-order valence-corrected chi connectivity index (χ3v) is 4.97. The minimum Gasteiger partial charge on any atom is -0.379 e. The molecule has 2 N–H and O–H groups in total. The lowest BCUT2D eigenvalue weighted by molar-refractivity contribution is -0.122. The van der Waals surface area contributed by atoms with Gasteiger partial charge in [-0.05, 0) is 57.2 Å². The third-order valence-electron chi connectivity index (χ3n) is 4.97. The fraction of sp³-hybridized carbons (Fsp3) is 0.941. The standard InChI is InChI=1S/C17H33N3O2.2ClH/c1-15(16-5-4-6-18-14-16)13-17(21)19-7-2-3-8-20-9-11-22-12-10-20;;/h15-16,18H,2-14H2,1H3,(H,19,21);2*1H. The van der Waals surface area contributed by atoms with Crippen molar-refractivity contribution in [2.45, 2.75) is 39.0 Å². The Bertz CT molecular complexity index is 323. The maximum atomic E-state index is 12.0. The molecule has 0 aliphatic carbocycles. The number of unbranched alkanes of at least 4 members (excludes halogenated alkanes) is 1. The Morgan fingerprint density at radius 1 is 1.29 bits per heavy atom. The summed E-state index contributed by atoms with van der Waals surface area (Å²) in [6.45, 7) is 10.2. The molecule has 0 saturated carbocycles. The summed E-state index contributed by atoms with van der Waals surface area (Å²) < 4.78 is 5.34. The van der Waals surface area contributed by atoms with Gasteiger partial charge < -0.3 is 15.4 Å². The van der Waals surface area contributed by atoms with Crippen molar-refractivity contribution >= 4 is 30.7 Å². The van der Waals surface area contributed by atoms with Gasteiger partial charge in [0.15, 0.2) is 0 Å². The van der Waals surface area contributed by atoms with Crippen LogP contribution in [0.4, 0.5) is 0 Å². The van der Waals surface area contributed by atoms with Crippen LogP contribution in [0.25, 0.3) is 0 Å². The molecule has 2 fully saturated rings. The Morgan fingerprint density at radius 2 is 2.04 bits per heavy atom. The Kier molecular flexibility index (Phi) is 14.1. The Hall–Kier alpha value is -0.0700. The molecule has 1 amide bonds. The van der Waals surface area contributed by atoms with Gasteiger partial charge in [0.1, 0.15) is 0 Å². The lowest BCUT2D eigenvalue weighted by atomic mass is 9.85. The van der Waals surface area contributed by atoms with Gasteiger partial charge in [0.25, 0.3) is 0 Å². The van der Waals surface area contributed by atoms with E-state index in [-0.39, 0.29) is 30.7 Å². The number of nitrogens with zero attached hydrogens (tertiary/aromatic N) is 1. The van der Waals surface area contributed by atoms with Crippen molar-refractivity contribution in [1.82, 2.24) is 15.5 Å². The fourth-order valence-corrected chi connectivity index (χ4v) is 3.41. The number of nitrogens with one attached hydrogen (secondary N) is 2. The van der Waals surface area contributed by atoms with Crippen molar-refractivity contribution in [3.05, 3.63) is 0 Å². The largest absolute Gasteiger partial charge is 0.379 e. The van der Waals surface area contributed by atoms with Gasteiger partial charge in [0.2, 0.25) is 5.91 Å².